The molecule has 0 aliphatic rings. The lowest BCUT2D eigenvalue weighted by molar-refractivity contribution is 0.349. The van der Waals surface area contributed by atoms with Crippen molar-refractivity contribution in [3.05, 3.63) is 47.3 Å². The minimum atomic E-state index is -0.228. The van der Waals surface area contributed by atoms with E-state index in [4.69, 9.17) is 8.83 Å². The minimum Gasteiger partial charge on any atom is -0.466 e. The van der Waals surface area contributed by atoms with Gasteiger partial charge in [0.05, 0.1) is 16.5 Å². The van der Waals surface area contributed by atoms with Gasteiger partial charge in [0.15, 0.2) is 0 Å². The number of hydrogen-bond acceptors (Lipinski definition) is 2. The molecule has 2 rings (SSSR count). The molecule has 90 valence electrons. The fraction of sp³-hybridized carbons (Fsp3) is 0.385. The average molecular weight is 295 g/mol. The smallest absolute Gasteiger partial charge is 0.117 e. The zero-order chi connectivity index (χ0) is 12.5. The van der Waals surface area contributed by atoms with E-state index in [1.54, 1.807) is 0 Å². The third-order valence-electron chi connectivity index (χ3n) is 3.04. The maximum absolute atomic E-state index is 5.82. The van der Waals surface area contributed by atoms with Crippen LogP contribution < -0.4 is 0 Å². The SMILES string of the molecule is BCc1ccc(C(C)(C)c2ccc(CBr)o2)o1. The number of halogens is 1. The zero-order valence-electron chi connectivity index (χ0n) is 10.4. The van der Waals surface area contributed by atoms with E-state index in [2.05, 4.69) is 37.6 Å². The Bertz CT molecular complexity index is 455. The summed E-state index contributed by atoms with van der Waals surface area (Å²) in [5, 5.41) is 0.738. The summed E-state index contributed by atoms with van der Waals surface area (Å²) < 4.78 is 11.6. The normalized spacial score (nSPS) is 11.9. The van der Waals surface area contributed by atoms with E-state index in [1.165, 1.54) is 0 Å². The fourth-order valence-electron chi connectivity index (χ4n) is 1.81. The average Bonchev–Trinajstić information content (AvgIpc) is 2.98. The Hall–Kier alpha value is -0.895. The molecule has 0 fully saturated rings. The van der Waals surface area contributed by atoms with Crippen LogP contribution in [0.5, 0.6) is 0 Å². The van der Waals surface area contributed by atoms with Crippen LogP contribution in [0.3, 0.4) is 0 Å². The third kappa shape index (κ3) is 2.37. The van der Waals surface area contributed by atoms with Crippen LogP contribution in [0.1, 0.15) is 36.9 Å². The molecular formula is C13H16BBrO2. The molecule has 0 radical (unpaired) electrons. The molecule has 0 spiro atoms. The second kappa shape index (κ2) is 4.77. The highest BCUT2D eigenvalue weighted by atomic mass is 79.9. The van der Waals surface area contributed by atoms with Crippen LogP contribution in [0.25, 0.3) is 0 Å². The molecule has 2 heterocycles. The fourth-order valence-corrected chi connectivity index (χ4v) is 2.11. The van der Waals surface area contributed by atoms with E-state index in [0.717, 1.165) is 34.7 Å². The van der Waals surface area contributed by atoms with Crippen LogP contribution in [0.4, 0.5) is 0 Å². The predicted molar refractivity (Wildman–Crippen MR) is 74.4 cm³/mol. The van der Waals surface area contributed by atoms with Crippen LogP contribution in [0.2, 0.25) is 0 Å². The molecular weight excluding hydrogens is 279 g/mol. The second-order valence-corrected chi connectivity index (χ2v) is 5.20. The Morgan fingerprint density at radius 3 is 2.00 bits per heavy atom. The maximum atomic E-state index is 5.82. The van der Waals surface area contributed by atoms with Crippen LogP contribution in [-0.4, -0.2) is 7.85 Å². The summed E-state index contributed by atoms with van der Waals surface area (Å²) in [7, 11) is 2.09. The van der Waals surface area contributed by atoms with Crippen molar-refractivity contribution >= 4 is 23.8 Å². The highest BCUT2D eigenvalue weighted by molar-refractivity contribution is 9.08. The van der Waals surface area contributed by atoms with Crippen LogP contribution in [0, 0.1) is 0 Å². The van der Waals surface area contributed by atoms with Gasteiger partial charge in [-0.15, -0.1) is 0 Å². The number of furan rings is 2. The molecule has 2 nitrogen and oxygen atoms in total. The summed E-state index contributed by atoms with van der Waals surface area (Å²) in [4.78, 5) is 0. The van der Waals surface area contributed by atoms with Crippen molar-refractivity contribution in [2.24, 2.45) is 0 Å². The minimum absolute atomic E-state index is 0.228. The molecule has 0 aliphatic heterocycles. The molecule has 4 heteroatoms. The van der Waals surface area contributed by atoms with Crippen molar-refractivity contribution in [3.63, 3.8) is 0 Å². The van der Waals surface area contributed by atoms with Gasteiger partial charge in [-0.2, -0.15) is 0 Å². The number of hydrogen-bond donors (Lipinski definition) is 0. The standard InChI is InChI=1S/C13H16BBrO2/c1-13(2,11-5-3-9(7-14)16-11)12-6-4-10(8-15)17-12/h3-6H,7-8,14H2,1-2H3. The van der Waals surface area contributed by atoms with Crippen LogP contribution in [0.15, 0.2) is 33.1 Å². The van der Waals surface area contributed by atoms with E-state index in [-0.39, 0.29) is 5.41 Å². The van der Waals surface area contributed by atoms with Gasteiger partial charge in [0.1, 0.15) is 25.1 Å². The molecule has 0 amide bonds. The first-order valence-corrected chi connectivity index (χ1v) is 6.94. The second-order valence-electron chi connectivity index (χ2n) is 4.64. The molecule has 0 aliphatic carbocycles. The van der Waals surface area contributed by atoms with Gasteiger partial charge in [-0.05, 0) is 44.4 Å². The summed E-state index contributed by atoms with van der Waals surface area (Å²) in [6.45, 7) is 4.23. The Labute approximate surface area is 111 Å². The van der Waals surface area contributed by atoms with Crippen LogP contribution >= 0.6 is 15.9 Å². The van der Waals surface area contributed by atoms with Gasteiger partial charge >= 0.3 is 0 Å². The Morgan fingerprint density at radius 2 is 1.59 bits per heavy atom. The summed E-state index contributed by atoms with van der Waals surface area (Å²) in [5.41, 5.74) is -0.228. The first-order valence-electron chi connectivity index (χ1n) is 5.82. The highest BCUT2D eigenvalue weighted by Crippen LogP contribution is 2.34. The molecule has 2 aromatic heterocycles. The molecule has 0 atom stereocenters. The molecule has 0 saturated carbocycles. The number of rotatable bonds is 4. The lowest BCUT2D eigenvalue weighted by Crippen LogP contribution is -2.17. The van der Waals surface area contributed by atoms with E-state index in [0.29, 0.717) is 0 Å². The molecule has 0 aromatic carbocycles. The predicted octanol–water partition coefficient (Wildman–Crippen LogP) is 3.23. The van der Waals surface area contributed by atoms with Gasteiger partial charge < -0.3 is 8.83 Å². The summed E-state index contributed by atoms with van der Waals surface area (Å²) in [6, 6.07) is 8.08. The molecule has 17 heavy (non-hydrogen) atoms. The first-order chi connectivity index (χ1) is 8.07. The van der Waals surface area contributed by atoms with Gasteiger partial charge in [-0.1, -0.05) is 15.9 Å². The third-order valence-corrected chi connectivity index (χ3v) is 3.59. The monoisotopic (exact) mass is 294 g/mol. The van der Waals surface area contributed by atoms with Crippen molar-refractivity contribution in [3.8, 4) is 0 Å². The topological polar surface area (TPSA) is 26.3 Å². The van der Waals surface area contributed by atoms with Gasteiger partial charge in [0.2, 0.25) is 0 Å². The van der Waals surface area contributed by atoms with E-state index in [9.17, 15) is 0 Å². The van der Waals surface area contributed by atoms with Crippen molar-refractivity contribution in [2.45, 2.75) is 30.9 Å². The summed E-state index contributed by atoms with van der Waals surface area (Å²) in [6.07, 6.45) is 0.918. The molecule has 2 aromatic rings. The Morgan fingerprint density at radius 1 is 1.06 bits per heavy atom. The number of alkyl halides is 1. The van der Waals surface area contributed by atoms with E-state index >= 15 is 0 Å². The quantitative estimate of drug-likeness (QED) is 0.639. The Kier molecular flexibility index (Phi) is 3.52. The first kappa shape index (κ1) is 12.6. The lowest BCUT2D eigenvalue weighted by Gasteiger charge is -2.19. The zero-order valence-corrected chi connectivity index (χ0v) is 12.0. The van der Waals surface area contributed by atoms with E-state index < -0.39 is 0 Å². The molecule has 0 unspecified atom stereocenters. The largest absolute Gasteiger partial charge is 0.466 e. The van der Waals surface area contributed by atoms with Gasteiger partial charge in [0, 0.05) is 0 Å². The van der Waals surface area contributed by atoms with Gasteiger partial charge in [-0.3, -0.25) is 0 Å². The van der Waals surface area contributed by atoms with Crippen molar-refractivity contribution in [2.75, 3.05) is 0 Å². The Balaban J connectivity index is 2.34. The molecule has 0 bridgehead atoms. The van der Waals surface area contributed by atoms with Crippen molar-refractivity contribution < 1.29 is 8.83 Å². The van der Waals surface area contributed by atoms with Crippen molar-refractivity contribution in [1.29, 1.82) is 0 Å². The summed E-state index contributed by atoms with van der Waals surface area (Å²) >= 11 is 3.39. The van der Waals surface area contributed by atoms with Gasteiger partial charge in [-0.25, -0.2) is 0 Å². The highest BCUT2D eigenvalue weighted by Gasteiger charge is 2.30. The van der Waals surface area contributed by atoms with Crippen LogP contribution in [-0.2, 0) is 17.1 Å². The molecule has 0 saturated heterocycles. The van der Waals surface area contributed by atoms with Gasteiger partial charge in [0.25, 0.3) is 0 Å². The maximum Gasteiger partial charge on any atom is 0.117 e. The van der Waals surface area contributed by atoms with Crippen molar-refractivity contribution in [1.82, 2.24) is 0 Å². The van der Waals surface area contributed by atoms with E-state index in [1.807, 2.05) is 24.3 Å². The lowest BCUT2D eigenvalue weighted by atomic mass is 9.87. The molecule has 0 N–H and O–H groups in total. The summed E-state index contributed by atoms with van der Waals surface area (Å²) in [5.74, 6) is 3.84.